The van der Waals surface area contributed by atoms with Crippen molar-refractivity contribution >= 4 is 17.2 Å². The lowest BCUT2D eigenvalue weighted by Crippen LogP contribution is -2.21. The molecule has 0 spiro atoms. The Kier molecular flexibility index (Phi) is 5.90. The van der Waals surface area contributed by atoms with Gasteiger partial charge in [-0.3, -0.25) is 4.79 Å². The Labute approximate surface area is 151 Å². The number of amides is 1. The standard InChI is InChI=1S/C20H21NO3S/c1-2-4-15-6-8-16(9-7-15)23-14-17-10-11-19(24-17)20(22)21-13-18-5-3-12-25-18/h3,5-12H,2,4,13-14H2,1H3,(H,21,22). The summed E-state index contributed by atoms with van der Waals surface area (Å²) in [4.78, 5) is 13.2. The molecule has 0 aliphatic carbocycles. The predicted molar refractivity (Wildman–Crippen MR) is 99.0 cm³/mol. The van der Waals surface area contributed by atoms with Crippen molar-refractivity contribution in [3.63, 3.8) is 0 Å². The molecule has 25 heavy (non-hydrogen) atoms. The number of thiophene rings is 1. The van der Waals surface area contributed by atoms with Crippen LogP contribution in [0.4, 0.5) is 0 Å². The number of nitrogens with one attached hydrogen (secondary N) is 1. The molecule has 3 aromatic rings. The SMILES string of the molecule is CCCc1ccc(OCc2ccc(C(=O)NCc3cccs3)o2)cc1. The average molecular weight is 355 g/mol. The molecule has 0 bridgehead atoms. The minimum absolute atomic E-state index is 0.219. The molecule has 3 rings (SSSR count). The zero-order valence-corrected chi connectivity index (χ0v) is 15.0. The molecule has 0 atom stereocenters. The molecule has 2 heterocycles. The molecule has 4 nitrogen and oxygen atoms in total. The van der Waals surface area contributed by atoms with Gasteiger partial charge in [-0.15, -0.1) is 11.3 Å². The highest BCUT2D eigenvalue weighted by molar-refractivity contribution is 7.09. The number of benzene rings is 1. The van der Waals surface area contributed by atoms with Crippen molar-refractivity contribution < 1.29 is 13.9 Å². The Morgan fingerprint density at radius 3 is 2.72 bits per heavy atom. The van der Waals surface area contributed by atoms with Crippen LogP contribution < -0.4 is 10.1 Å². The molecular formula is C20H21NO3S. The van der Waals surface area contributed by atoms with E-state index in [1.165, 1.54) is 5.56 Å². The molecule has 2 aromatic heterocycles. The van der Waals surface area contributed by atoms with Crippen LogP contribution in [0, 0.1) is 0 Å². The second-order valence-electron chi connectivity index (χ2n) is 5.71. The predicted octanol–water partition coefficient (Wildman–Crippen LogP) is 4.80. The minimum atomic E-state index is -0.219. The highest BCUT2D eigenvalue weighted by atomic mass is 32.1. The maximum absolute atomic E-state index is 12.1. The molecule has 0 radical (unpaired) electrons. The van der Waals surface area contributed by atoms with Crippen LogP contribution in [0.3, 0.4) is 0 Å². The average Bonchev–Trinajstić information content (AvgIpc) is 3.31. The molecule has 1 amide bonds. The zero-order valence-electron chi connectivity index (χ0n) is 14.2. The normalized spacial score (nSPS) is 10.6. The number of aryl methyl sites for hydroxylation is 1. The van der Waals surface area contributed by atoms with Crippen LogP contribution in [0.2, 0.25) is 0 Å². The number of rotatable bonds is 8. The van der Waals surface area contributed by atoms with Crippen molar-refractivity contribution in [1.29, 1.82) is 0 Å². The third kappa shape index (κ3) is 4.97. The number of hydrogen-bond donors (Lipinski definition) is 1. The van der Waals surface area contributed by atoms with E-state index in [9.17, 15) is 4.79 Å². The van der Waals surface area contributed by atoms with Gasteiger partial charge in [0.15, 0.2) is 5.76 Å². The summed E-state index contributed by atoms with van der Waals surface area (Å²) in [6.07, 6.45) is 2.20. The van der Waals surface area contributed by atoms with Crippen LogP contribution >= 0.6 is 11.3 Å². The van der Waals surface area contributed by atoms with Gasteiger partial charge in [-0.1, -0.05) is 31.5 Å². The van der Waals surface area contributed by atoms with Crippen molar-refractivity contribution in [2.75, 3.05) is 0 Å². The molecule has 5 heteroatoms. The van der Waals surface area contributed by atoms with Gasteiger partial charge < -0.3 is 14.5 Å². The lowest BCUT2D eigenvalue weighted by Gasteiger charge is -2.05. The summed E-state index contributed by atoms with van der Waals surface area (Å²) in [6, 6.07) is 15.5. The summed E-state index contributed by atoms with van der Waals surface area (Å²) in [6.45, 7) is 2.97. The van der Waals surface area contributed by atoms with E-state index in [2.05, 4.69) is 24.4 Å². The summed E-state index contributed by atoms with van der Waals surface area (Å²) >= 11 is 1.61. The zero-order chi connectivity index (χ0) is 17.5. The first-order valence-corrected chi connectivity index (χ1v) is 9.23. The van der Waals surface area contributed by atoms with Crippen molar-refractivity contribution in [3.8, 4) is 5.75 Å². The lowest BCUT2D eigenvalue weighted by molar-refractivity contribution is 0.0919. The summed E-state index contributed by atoms with van der Waals surface area (Å²) in [5.74, 6) is 1.50. The van der Waals surface area contributed by atoms with Crippen LogP contribution in [-0.2, 0) is 19.6 Å². The van der Waals surface area contributed by atoms with Gasteiger partial charge in [-0.25, -0.2) is 0 Å². The number of carbonyl (C=O) groups is 1. The van der Waals surface area contributed by atoms with E-state index in [-0.39, 0.29) is 5.91 Å². The fraction of sp³-hybridized carbons (Fsp3) is 0.250. The molecule has 1 aromatic carbocycles. The van der Waals surface area contributed by atoms with E-state index in [1.54, 1.807) is 23.5 Å². The van der Waals surface area contributed by atoms with Crippen molar-refractivity contribution in [2.24, 2.45) is 0 Å². The van der Waals surface area contributed by atoms with Crippen molar-refractivity contribution in [2.45, 2.75) is 32.9 Å². The quantitative estimate of drug-likeness (QED) is 0.631. The highest BCUT2D eigenvalue weighted by Crippen LogP contribution is 2.16. The minimum Gasteiger partial charge on any atom is -0.486 e. The van der Waals surface area contributed by atoms with E-state index in [0.717, 1.165) is 23.5 Å². The molecule has 1 N–H and O–H groups in total. The van der Waals surface area contributed by atoms with Gasteiger partial charge in [0.25, 0.3) is 5.91 Å². The van der Waals surface area contributed by atoms with Crippen LogP contribution in [0.15, 0.2) is 58.3 Å². The van der Waals surface area contributed by atoms with Crippen LogP contribution in [0.25, 0.3) is 0 Å². The molecule has 130 valence electrons. The number of hydrogen-bond acceptors (Lipinski definition) is 4. The van der Waals surface area contributed by atoms with Gasteiger partial charge in [0.1, 0.15) is 18.1 Å². The smallest absolute Gasteiger partial charge is 0.287 e. The molecule has 0 aliphatic rings. The lowest BCUT2D eigenvalue weighted by atomic mass is 10.1. The van der Waals surface area contributed by atoms with Gasteiger partial charge in [0.2, 0.25) is 0 Å². The van der Waals surface area contributed by atoms with E-state index in [1.807, 2.05) is 29.6 Å². The molecular weight excluding hydrogens is 334 g/mol. The summed E-state index contributed by atoms with van der Waals surface area (Å²) < 4.78 is 11.3. The van der Waals surface area contributed by atoms with Gasteiger partial charge in [0, 0.05) is 4.88 Å². The Morgan fingerprint density at radius 2 is 2.00 bits per heavy atom. The van der Waals surface area contributed by atoms with Gasteiger partial charge in [-0.2, -0.15) is 0 Å². The van der Waals surface area contributed by atoms with E-state index >= 15 is 0 Å². The largest absolute Gasteiger partial charge is 0.486 e. The third-order valence-corrected chi connectivity index (χ3v) is 4.61. The van der Waals surface area contributed by atoms with Crippen molar-refractivity contribution in [1.82, 2.24) is 5.32 Å². The third-order valence-electron chi connectivity index (χ3n) is 3.73. The van der Waals surface area contributed by atoms with Crippen LogP contribution in [0.1, 0.15) is 40.1 Å². The van der Waals surface area contributed by atoms with Gasteiger partial charge in [-0.05, 0) is 47.7 Å². The van der Waals surface area contributed by atoms with Gasteiger partial charge >= 0.3 is 0 Å². The molecule has 0 aliphatic heterocycles. The second kappa shape index (κ2) is 8.53. The molecule has 0 saturated carbocycles. The first-order chi connectivity index (χ1) is 12.2. The Hall–Kier alpha value is -2.53. The number of furan rings is 1. The summed E-state index contributed by atoms with van der Waals surface area (Å²) in [5, 5.41) is 4.83. The van der Waals surface area contributed by atoms with Crippen LogP contribution in [-0.4, -0.2) is 5.91 Å². The number of ether oxygens (including phenoxy) is 1. The topological polar surface area (TPSA) is 51.5 Å². The van der Waals surface area contributed by atoms with E-state index < -0.39 is 0 Å². The first-order valence-electron chi connectivity index (χ1n) is 8.35. The van der Waals surface area contributed by atoms with E-state index in [0.29, 0.717) is 24.7 Å². The highest BCUT2D eigenvalue weighted by Gasteiger charge is 2.11. The summed E-state index contributed by atoms with van der Waals surface area (Å²) in [5.41, 5.74) is 1.30. The maximum atomic E-state index is 12.1. The Bertz CT molecular complexity index is 791. The second-order valence-corrected chi connectivity index (χ2v) is 6.74. The maximum Gasteiger partial charge on any atom is 0.287 e. The fourth-order valence-electron chi connectivity index (χ4n) is 2.44. The fourth-order valence-corrected chi connectivity index (χ4v) is 3.09. The van der Waals surface area contributed by atoms with Crippen molar-refractivity contribution in [3.05, 3.63) is 75.9 Å². The molecule has 0 unspecified atom stereocenters. The Morgan fingerprint density at radius 1 is 1.16 bits per heavy atom. The molecule has 0 saturated heterocycles. The Balaban J connectivity index is 1.50. The van der Waals surface area contributed by atoms with Gasteiger partial charge in [0.05, 0.1) is 6.54 Å². The van der Waals surface area contributed by atoms with Crippen LogP contribution in [0.5, 0.6) is 5.75 Å². The van der Waals surface area contributed by atoms with E-state index in [4.69, 9.17) is 9.15 Å². The first kappa shape index (κ1) is 17.3. The number of carbonyl (C=O) groups excluding carboxylic acids is 1. The molecule has 0 fully saturated rings. The summed E-state index contributed by atoms with van der Waals surface area (Å²) in [7, 11) is 0. The monoisotopic (exact) mass is 355 g/mol.